The predicted molar refractivity (Wildman–Crippen MR) is 148 cm³/mol. The number of rotatable bonds is 13. The van der Waals surface area contributed by atoms with Crippen molar-refractivity contribution in [3.8, 4) is 0 Å². The molecule has 0 amide bonds. The zero-order valence-electron chi connectivity index (χ0n) is 22.9. The van der Waals surface area contributed by atoms with Gasteiger partial charge in [-0.15, -0.1) is 0 Å². The summed E-state index contributed by atoms with van der Waals surface area (Å²) in [4.78, 5) is 16.9. The molecule has 1 aromatic carbocycles. The number of alkyl halides is 3. The molecule has 5 nitrogen and oxygen atoms in total. The van der Waals surface area contributed by atoms with Crippen molar-refractivity contribution in [1.29, 1.82) is 0 Å². The molecule has 1 aliphatic heterocycles. The molecule has 1 aliphatic rings. The molecule has 0 bridgehead atoms. The molecular formula is C30H42F3N3O2. The number of piperidine rings is 1. The molecule has 3 heterocycles. The van der Waals surface area contributed by atoms with Crippen molar-refractivity contribution in [3.05, 3.63) is 45.4 Å². The lowest BCUT2D eigenvalue weighted by Crippen LogP contribution is -2.32. The first-order chi connectivity index (χ1) is 18.3. The molecule has 3 aromatic rings. The standard InChI is InChI=1S/C30H42F3N3O2/c1-22-23(2)36(26-14-13-25-29(28(22)26)24(30(31,32)33)21-27(37)34-25)17-11-6-4-3-5-7-12-19-38-20-18-35-15-9-8-10-16-35/h13-14,21H,3-12,15-20H2,1-2H3,(H,34,37). The van der Waals surface area contributed by atoms with Gasteiger partial charge < -0.3 is 19.2 Å². The molecule has 0 spiro atoms. The van der Waals surface area contributed by atoms with Gasteiger partial charge in [0.15, 0.2) is 0 Å². The minimum atomic E-state index is -4.59. The summed E-state index contributed by atoms with van der Waals surface area (Å²) >= 11 is 0. The Morgan fingerprint density at radius 3 is 2.26 bits per heavy atom. The number of H-pyrrole nitrogens is 1. The van der Waals surface area contributed by atoms with Gasteiger partial charge in [0.1, 0.15) is 0 Å². The average Bonchev–Trinajstić information content (AvgIpc) is 3.13. The fraction of sp³-hybridized carbons (Fsp3) is 0.633. The number of pyridine rings is 1. The highest BCUT2D eigenvalue weighted by atomic mass is 19.4. The van der Waals surface area contributed by atoms with Crippen LogP contribution < -0.4 is 5.56 Å². The lowest BCUT2D eigenvalue weighted by Gasteiger charge is -2.26. The van der Waals surface area contributed by atoms with E-state index in [-0.39, 0.29) is 10.9 Å². The molecule has 2 aromatic heterocycles. The summed E-state index contributed by atoms with van der Waals surface area (Å²) in [5, 5.41) is 0.672. The summed E-state index contributed by atoms with van der Waals surface area (Å²) in [6.07, 6.45) is 7.39. The van der Waals surface area contributed by atoms with E-state index in [0.717, 1.165) is 68.8 Å². The third-order valence-electron chi connectivity index (χ3n) is 8.08. The second kappa shape index (κ2) is 13.2. The largest absolute Gasteiger partial charge is 0.417 e. The molecule has 0 atom stereocenters. The molecule has 8 heteroatoms. The van der Waals surface area contributed by atoms with Crippen LogP contribution in [-0.4, -0.2) is 47.3 Å². The number of hydrogen-bond acceptors (Lipinski definition) is 3. The second-order valence-corrected chi connectivity index (χ2v) is 10.8. The lowest BCUT2D eigenvalue weighted by atomic mass is 10.0. The number of aromatic amines is 1. The van der Waals surface area contributed by atoms with E-state index in [4.69, 9.17) is 4.74 Å². The molecule has 38 heavy (non-hydrogen) atoms. The Labute approximate surface area is 223 Å². The zero-order valence-corrected chi connectivity index (χ0v) is 22.9. The van der Waals surface area contributed by atoms with E-state index in [0.29, 0.717) is 11.5 Å². The van der Waals surface area contributed by atoms with Gasteiger partial charge in [0.25, 0.3) is 0 Å². The minimum Gasteiger partial charge on any atom is -0.380 e. The van der Waals surface area contributed by atoms with Gasteiger partial charge in [0.2, 0.25) is 5.56 Å². The highest BCUT2D eigenvalue weighted by molar-refractivity contribution is 6.09. The number of aryl methyl sites for hydroxylation is 2. The van der Waals surface area contributed by atoms with E-state index < -0.39 is 17.3 Å². The molecule has 1 N–H and O–H groups in total. The maximum absolute atomic E-state index is 13.8. The van der Waals surface area contributed by atoms with E-state index in [2.05, 4.69) is 14.5 Å². The van der Waals surface area contributed by atoms with Crippen LogP contribution in [0.5, 0.6) is 0 Å². The van der Waals surface area contributed by atoms with Crippen LogP contribution in [0.4, 0.5) is 13.2 Å². The third-order valence-corrected chi connectivity index (χ3v) is 8.08. The van der Waals surface area contributed by atoms with Crippen LogP contribution >= 0.6 is 0 Å². The number of nitrogens with one attached hydrogen (secondary N) is 1. The van der Waals surface area contributed by atoms with Gasteiger partial charge >= 0.3 is 6.18 Å². The number of hydrogen-bond donors (Lipinski definition) is 1. The van der Waals surface area contributed by atoms with Crippen LogP contribution in [0, 0.1) is 13.8 Å². The molecular weight excluding hydrogens is 491 g/mol. The number of fused-ring (bicyclic) bond motifs is 3. The van der Waals surface area contributed by atoms with E-state index in [1.165, 1.54) is 51.6 Å². The first kappa shape index (κ1) is 28.7. The van der Waals surface area contributed by atoms with Crippen LogP contribution in [-0.2, 0) is 17.5 Å². The van der Waals surface area contributed by atoms with E-state index in [1.54, 1.807) is 6.07 Å². The second-order valence-electron chi connectivity index (χ2n) is 10.8. The van der Waals surface area contributed by atoms with Crippen LogP contribution in [0.1, 0.15) is 81.0 Å². The van der Waals surface area contributed by atoms with Crippen molar-refractivity contribution in [2.45, 2.75) is 90.8 Å². The number of aromatic nitrogens is 2. The van der Waals surface area contributed by atoms with Gasteiger partial charge in [-0.2, -0.15) is 13.2 Å². The van der Waals surface area contributed by atoms with E-state index in [9.17, 15) is 18.0 Å². The van der Waals surface area contributed by atoms with Crippen molar-refractivity contribution in [1.82, 2.24) is 14.5 Å². The molecule has 0 unspecified atom stereocenters. The highest BCUT2D eigenvalue weighted by Gasteiger charge is 2.34. The topological polar surface area (TPSA) is 50.3 Å². The molecule has 210 valence electrons. The SMILES string of the molecule is Cc1c(C)n(CCCCCCCCCOCCN2CCCCC2)c2ccc3[nH]c(=O)cc(C(F)(F)F)c3c12. The monoisotopic (exact) mass is 533 g/mol. The van der Waals surface area contributed by atoms with Gasteiger partial charge in [-0.25, -0.2) is 0 Å². The van der Waals surface area contributed by atoms with Crippen LogP contribution in [0.25, 0.3) is 21.8 Å². The summed E-state index contributed by atoms with van der Waals surface area (Å²) in [5.74, 6) is 0. The summed E-state index contributed by atoms with van der Waals surface area (Å²) in [6, 6.07) is 4.11. The van der Waals surface area contributed by atoms with E-state index >= 15 is 0 Å². The van der Waals surface area contributed by atoms with Gasteiger partial charge in [-0.3, -0.25) is 4.79 Å². The van der Waals surface area contributed by atoms with Crippen molar-refractivity contribution in [3.63, 3.8) is 0 Å². The average molecular weight is 534 g/mol. The molecule has 0 saturated carbocycles. The number of likely N-dealkylation sites (tertiary alicyclic amines) is 1. The van der Waals surface area contributed by atoms with Crippen LogP contribution in [0.2, 0.25) is 0 Å². The summed E-state index contributed by atoms with van der Waals surface area (Å²) in [7, 11) is 0. The fourth-order valence-electron chi connectivity index (χ4n) is 5.86. The number of nitrogens with zero attached hydrogens (tertiary/aromatic N) is 2. The molecule has 1 saturated heterocycles. The Bertz CT molecular complexity index is 1260. The minimum absolute atomic E-state index is 0.0874. The van der Waals surface area contributed by atoms with Crippen LogP contribution in [0.3, 0.4) is 0 Å². The molecule has 1 fully saturated rings. The molecule has 0 radical (unpaired) electrons. The Morgan fingerprint density at radius 2 is 1.55 bits per heavy atom. The maximum atomic E-state index is 13.8. The maximum Gasteiger partial charge on any atom is 0.417 e. The Hall–Kier alpha value is -2.32. The van der Waals surface area contributed by atoms with Crippen molar-refractivity contribution in [2.24, 2.45) is 0 Å². The Balaban J connectivity index is 1.22. The third kappa shape index (κ3) is 7.00. The number of unbranched alkanes of at least 4 members (excludes halogenated alkanes) is 6. The predicted octanol–water partition coefficient (Wildman–Crippen LogP) is 7.35. The molecule has 4 rings (SSSR count). The summed E-state index contributed by atoms with van der Waals surface area (Å²) in [5.41, 5.74) is 1.23. The summed E-state index contributed by atoms with van der Waals surface area (Å²) < 4.78 is 49.4. The normalized spacial score (nSPS) is 15.2. The molecule has 0 aliphatic carbocycles. The van der Waals surface area contributed by atoms with Gasteiger partial charge in [-0.1, -0.05) is 38.5 Å². The lowest BCUT2D eigenvalue weighted by molar-refractivity contribution is -0.136. The first-order valence-electron chi connectivity index (χ1n) is 14.3. The fourth-order valence-corrected chi connectivity index (χ4v) is 5.86. The quantitative estimate of drug-likeness (QED) is 0.234. The zero-order chi connectivity index (χ0) is 27.1. The van der Waals surface area contributed by atoms with Crippen molar-refractivity contribution < 1.29 is 17.9 Å². The highest BCUT2D eigenvalue weighted by Crippen LogP contribution is 2.39. The first-order valence-corrected chi connectivity index (χ1v) is 14.3. The number of benzene rings is 1. The van der Waals surface area contributed by atoms with Crippen LogP contribution in [0.15, 0.2) is 23.0 Å². The van der Waals surface area contributed by atoms with E-state index in [1.807, 2.05) is 19.9 Å². The smallest absolute Gasteiger partial charge is 0.380 e. The summed E-state index contributed by atoms with van der Waals surface area (Å²) in [6.45, 7) is 9.82. The van der Waals surface area contributed by atoms with Gasteiger partial charge in [0, 0.05) is 53.3 Å². The number of halogens is 3. The number of ether oxygens (including phenoxy) is 1. The Kier molecular flexibility index (Phi) is 9.93. The van der Waals surface area contributed by atoms with Crippen molar-refractivity contribution >= 4 is 21.8 Å². The van der Waals surface area contributed by atoms with Gasteiger partial charge in [-0.05, 0) is 70.3 Å². The van der Waals surface area contributed by atoms with Crippen molar-refractivity contribution in [2.75, 3.05) is 32.8 Å². The Morgan fingerprint density at radius 1 is 0.868 bits per heavy atom. The van der Waals surface area contributed by atoms with Gasteiger partial charge in [0.05, 0.1) is 12.2 Å².